The molecule has 1 aromatic rings. The van der Waals surface area contributed by atoms with Crippen molar-refractivity contribution in [1.29, 1.82) is 0 Å². The minimum Gasteiger partial charge on any atom is -0.476 e. The Balaban J connectivity index is 2.46. The number of rotatable bonds is 7. The van der Waals surface area contributed by atoms with Crippen LogP contribution in [-0.2, 0) is 0 Å². The van der Waals surface area contributed by atoms with Gasteiger partial charge in [0.2, 0.25) is 0 Å². The van der Waals surface area contributed by atoms with Gasteiger partial charge in [-0.05, 0) is 18.3 Å². The van der Waals surface area contributed by atoms with Crippen molar-refractivity contribution in [3.63, 3.8) is 0 Å². The van der Waals surface area contributed by atoms with Crippen LogP contribution in [0.1, 0.15) is 37.2 Å². The highest BCUT2D eigenvalue weighted by Gasteiger charge is 2.18. The average Bonchev–Trinajstić information content (AvgIpc) is 2.73. The molecule has 1 heterocycles. The van der Waals surface area contributed by atoms with Gasteiger partial charge in [-0.1, -0.05) is 13.8 Å². The molecule has 0 unspecified atom stereocenters. The number of carboxylic acid groups (broad SMARTS) is 1. The van der Waals surface area contributed by atoms with Gasteiger partial charge in [-0.3, -0.25) is 0 Å². The van der Waals surface area contributed by atoms with Crippen LogP contribution in [0.25, 0.3) is 0 Å². The van der Waals surface area contributed by atoms with Crippen molar-refractivity contribution in [2.24, 2.45) is 5.41 Å². The number of carboxylic acids is 1. The lowest BCUT2D eigenvalue weighted by Crippen LogP contribution is -2.23. The van der Waals surface area contributed by atoms with Crippen molar-refractivity contribution in [1.82, 2.24) is 4.98 Å². The van der Waals surface area contributed by atoms with Gasteiger partial charge < -0.3 is 19.9 Å². The molecule has 0 aliphatic rings. The highest BCUT2D eigenvalue weighted by Crippen LogP contribution is 2.22. The number of carbonyl (C=O) groups is 1. The maximum Gasteiger partial charge on any atom is 0.357 e. The Morgan fingerprint density at radius 3 is 2.82 bits per heavy atom. The van der Waals surface area contributed by atoms with E-state index in [9.17, 15) is 4.79 Å². The molecule has 0 aliphatic carbocycles. The molecule has 1 rings (SSSR count). The van der Waals surface area contributed by atoms with E-state index < -0.39 is 5.97 Å². The van der Waals surface area contributed by atoms with Crippen LogP contribution in [-0.4, -0.2) is 34.3 Å². The molecule has 0 spiro atoms. The van der Waals surface area contributed by atoms with Crippen molar-refractivity contribution >= 4 is 12.0 Å². The Morgan fingerprint density at radius 2 is 2.29 bits per heavy atom. The minimum atomic E-state index is -1.11. The third-order valence-corrected chi connectivity index (χ3v) is 2.45. The van der Waals surface area contributed by atoms with Gasteiger partial charge in [0.25, 0.3) is 6.01 Å². The van der Waals surface area contributed by atoms with Crippen molar-refractivity contribution in [2.75, 3.05) is 18.5 Å². The zero-order chi connectivity index (χ0) is 12.9. The monoisotopic (exact) mass is 242 g/mol. The van der Waals surface area contributed by atoms with E-state index in [2.05, 4.69) is 24.1 Å². The highest BCUT2D eigenvalue weighted by molar-refractivity contribution is 5.85. The SMILES string of the molecule is CC(C)(CCCO)CNc1nc(C(=O)O)co1. The molecule has 0 fully saturated rings. The largest absolute Gasteiger partial charge is 0.476 e. The summed E-state index contributed by atoms with van der Waals surface area (Å²) in [4.78, 5) is 14.3. The van der Waals surface area contributed by atoms with E-state index in [1.54, 1.807) is 0 Å². The summed E-state index contributed by atoms with van der Waals surface area (Å²) in [6.45, 7) is 4.88. The molecule has 96 valence electrons. The first-order chi connectivity index (χ1) is 7.94. The summed E-state index contributed by atoms with van der Waals surface area (Å²) in [6.07, 6.45) is 2.70. The molecule has 17 heavy (non-hydrogen) atoms. The lowest BCUT2D eigenvalue weighted by Gasteiger charge is -2.23. The topological polar surface area (TPSA) is 95.6 Å². The van der Waals surface area contributed by atoms with E-state index >= 15 is 0 Å². The number of anilines is 1. The van der Waals surface area contributed by atoms with Crippen LogP contribution >= 0.6 is 0 Å². The fraction of sp³-hybridized carbons (Fsp3) is 0.636. The van der Waals surface area contributed by atoms with Crippen LogP contribution < -0.4 is 5.32 Å². The number of aliphatic hydroxyl groups is 1. The highest BCUT2D eigenvalue weighted by atomic mass is 16.4. The van der Waals surface area contributed by atoms with Gasteiger partial charge in [-0.15, -0.1) is 0 Å². The van der Waals surface area contributed by atoms with Gasteiger partial charge >= 0.3 is 5.97 Å². The van der Waals surface area contributed by atoms with Crippen LogP contribution in [0, 0.1) is 5.41 Å². The fourth-order valence-corrected chi connectivity index (χ4v) is 1.41. The Hall–Kier alpha value is -1.56. The zero-order valence-electron chi connectivity index (χ0n) is 10.1. The fourth-order valence-electron chi connectivity index (χ4n) is 1.41. The summed E-state index contributed by atoms with van der Waals surface area (Å²) < 4.78 is 4.97. The molecule has 3 N–H and O–H groups in total. The zero-order valence-corrected chi connectivity index (χ0v) is 10.1. The molecule has 0 amide bonds. The lowest BCUT2D eigenvalue weighted by atomic mass is 9.88. The molecule has 1 aromatic heterocycles. The third-order valence-electron chi connectivity index (χ3n) is 2.45. The smallest absolute Gasteiger partial charge is 0.357 e. The van der Waals surface area contributed by atoms with E-state index in [0.717, 1.165) is 19.1 Å². The molecule has 0 aliphatic heterocycles. The summed E-state index contributed by atoms with van der Waals surface area (Å²) in [7, 11) is 0. The molecule has 6 heteroatoms. The van der Waals surface area contributed by atoms with Gasteiger partial charge in [0, 0.05) is 13.2 Å². The number of aromatic nitrogens is 1. The van der Waals surface area contributed by atoms with Crippen LogP contribution in [0.15, 0.2) is 10.7 Å². The molecule has 6 nitrogen and oxygen atoms in total. The van der Waals surface area contributed by atoms with Crippen molar-refractivity contribution in [2.45, 2.75) is 26.7 Å². The first kappa shape index (κ1) is 13.5. The molecular weight excluding hydrogens is 224 g/mol. The molecule has 0 atom stereocenters. The van der Waals surface area contributed by atoms with Gasteiger partial charge in [-0.2, -0.15) is 4.98 Å². The quantitative estimate of drug-likeness (QED) is 0.672. The van der Waals surface area contributed by atoms with Crippen molar-refractivity contribution < 1.29 is 19.4 Å². The molecule has 0 aromatic carbocycles. The lowest BCUT2D eigenvalue weighted by molar-refractivity contribution is 0.0690. The Kier molecular flexibility index (Phi) is 4.51. The third kappa shape index (κ3) is 4.44. The standard InChI is InChI=1S/C11H18N2O4/c1-11(2,4-3-5-14)7-12-10-13-8(6-17-10)9(15)16/h6,14H,3-5,7H2,1-2H3,(H,12,13)(H,15,16). The van der Waals surface area contributed by atoms with Crippen LogP contribution in [0.4, 0.5) is 6.01 Å². The molecule has 0 bridgehead atoms. The number of nitrogens with one attached hydrogen (secondary N) is 1. The van der Waals surface area contributed by atoms with E-state index in [1.165, 1.54) is 0 Å². The van der Waals surface area contributed by atoms with E-state index in [-0.39, 0.29) is 23.7 Å². The molecule has 0 radical (unpaired) electrons. The number of nitrogens with zero attached hydrogens (tertiary/aromatic N) is 1. The summed E-state index contributed by atoms with van der Waals surface area (Å²) in [5.41, 5.74) is -0.124. The Morgan fingerprint density at radius 1 is 1.59 bits per heavy atom. The normalized spacial score (nSPS) is 11.5. The second-order valence-corrected chi connectivity index (χ2v) is 4.69. The maximum absolute atomic E-state index is 10.6. The second-order valence-electron chi connectivity index (χ2n) is 4.69. The van der Waals surface area contributed by atoms with E-state index in [0.29, 0.717) is 6.54 Å². The van der Waals surface area contributed by atoms with E-state index in [4.69, 9.17) is 14.6 Å². The number of aliphatic hydroxyl groups excluding tert-OH is 1. The Bertz CT molecular complexity index is 373. The first-order valence-corrected chi connectivity index (χ1v) is 5.48. The van der Waals surface area contributed by atoms with Gasteiger partial charge in [0.15, 0.2) is 5.69 Å². The summed E-state index contributed by atoms with van der Waals surface area (Å²) in [5, 5.41) is 20.4. The van der Waals surface area contributed by atoms with Gasteiger partial charge in [0.1, 0.15) is 6.26 Å². The van der Waals surface area contributed by atoms with Gasteiger partial charge in [-0.25, -0.2) is 4.79 Å². The Labute approximate surface area is 99.7 Å². The van der Waals surface area contributed by atoms with Crippen molar-refractivity contribution in [3.8, 4) is 0 Å². The summed E-state index contributed by atoms with van der Waals surface area (Å²) in [6, 6.07) is 0.208. The van der Waals surface area contributed by atoms with Crippen LogP contribution in [0.5, 0.6) is 0 Å². The predicted molar refractivity (Wildman–Crippen MR) is 62.1 cm³/mol. The first-order valence-electron chi connectivity index (χ1n) is 5.48. The number of aromatic carboxylic acids is 1. The van der Waals surface area contributed by atoms with Crippen LogP contribution in [0.2, 0.25) is 0 Å². The average molecular weight is 242 g/mol. The molecule has 0 saturated heterocycles. The van der Waals surface area contributed by atoms with Crippen molar-refractivity contribution in [3.05, 3.63) is 12.0 Å². The van der Waals surface area contributed by atoms with Crippen LogP contribution in [0.3, 0.4) is 0 Å². The maximum atomic E-state index is 10.6. The number of oxazole rings is 1. The number of hydrogen-bond acceptors (Lipinski definition) is 5. The molecular formula is C11H18N2O4. The predicted octanol–water partition coefficient (Wildman–Crippen LogP) is 1.58. The molecule has 0 saturated carbocycles. The second kappa shape index (κ2) is 5.67. The minimum absolute atomic E-state index is 0.0133. The summed E-state index contributed by atoms with van der Waals surface area (Å²) in [5.74, 6) is -1.11. The summed E-state index contributed by atoms with van der Waals surface area (Å²) >= 11 is 0. The van der Waals surface area contributed by atoms with E-state index in [1.807, 2.05) is 0 Å². The number of hydrogen-bond donors (Lipinski definition) is 3. The van der Waals surface area contributed by atoms with Gasteiger partial charge in [0.05, 0.1) is 0 Å².